The van der Waals surface area contributed by atoms with Crippen molar-refractivity contribution in [2.24, 2.45) is 5.92 Å². The number of aryl methyl sites for hydroxylation is 1. The smallest absolute Gasteiger partial charge is 0.0742 e. The molecule has 4 nitrogen and oxygen atoms in total. The quantitative estimate of drug-likeness (QED) is 0.895. The standard InChI is InChI=1S/C20H29N3O/c1-15-2-4-17(5-3-15)20-18-6-10-21-11-7-19(18)23(22-20)14-16-8-12-24-13-9-16/h2-5,16,20-22H,6-14H2,1H3. The highest BCUT2D eigenvalue weighted by Gasteiger charge is 2.33. The van der Waals surface area contributed by atoms with Crippen molar-refractivity contribution in [3.8, 4) is 0 Å². The highest BCUT2D eigenvalue weighted by atomic mass is 16.5. The minimum atomic E-state index is 0.348. The van der Waals surface area contributed by atoms with Gasteiger partial charge in [0.25, 0.3) is 0 Å². The Hall–Kier alpha value is -1.36. The molecule has 0 aliphatic carbocycles. The van der Waals surface area contributed by atoms with Gasteiger partial charge in [0.05, 0.1) is 6.04 Å². The van der Waals surface area contributed by atoms with E-state index >= 15 is 0 Å². The maximum Gasteiger partial charge on any atom is 0.0742 e. The molecule has 0 aromatic heterocycles. The fraction of sp³-hybridized carbons (Fsp3) is 0.600. The van der Waals surface area contributed by atoms with E-state index in [9.17, 15) is 0 Å². The summed E-state index contributed by atoms with van der Waals surface area (Å²) in [5.41, 5.74) is 9.69. The van der Waals surface area contributed by atoms with Crippen LogP contribution in [0, 0.1) is 12.8 Å². The summed E-state index contributed by atoms with van der Waals surface area (Å²) in [5, 5.41) is 6.04. The number of hydrazine groups is 1. The lowest BCUT2D eigenvalue weighted by Crippen LogP contribution is -2.39. The van der Waals surface area contributed by atoms with Crippen LogP contribution in [0.4, 0.5) is 0 Å². The first kappa shape index (κ1) is 16.1. The van der Waals surface area contributed by atoms with Gasteiger partial charge in [-0.3, -0.25) is 0 Å². The first-order chi connectivity index (χ1) is 11.8. The molecular formula is C20H29N3O. The topological polar surface area (TPSA) is 36.5 Å². The maximum absolute atomic E-state index is 5.53. The molecule has 0 radical (unpaired) electrons. The minimum absolute atomic E-state index is 0.348. The number of rotatable bonds is 3. The molecule has 3 aliphatic heterocycles. The van der Waals surface area contributed by atoms with Crippen LogP contribution in [0.1, 0.15) is 42.9 Å². The molecule has 3 aliphatic rings. The SMILES string of the molecule is Cc1ccc(C2NN(CC3CCOCC3)C3=C2CCNCC3)cc1. The van der Waals surface area contributed by atoms with E-state index in [1.807, 2.05) is 0 Å². The number of nitrogens with zero attached hydrogens (tertiary/aromatic N) is 1. The molecule has 1 saturated heterocycles. The Morgan fingerprint density at radius 1 is 1.08 bits per heavy atom. The van der Waals surface area contributed by atoms with Crippen molar-refractivity contribution in [2.75, 3.05) is 32.8 Å². The van der Waals surface area contributed by atoms with E-state index in [4.69, 9.17) is 4.74 Å². The Bertz CT molecular complexity index is 589. The summed E-state index contributed by atoms with van der Waals surface area (Å²) in [6.07, 6.45) is 4.65. The van der Waals surface area contributed by atoms with Crippen LogP contribution in [-0.2, 0) is 4.74 Å². The predicted octanol–water partition coefficient (Wildman–Crippen LogP) is 2.92. The molecule has 1 aromatic rings. The van der Waals surface area contributed by atoms with Crippen molar-refractivity contribution in [3.63, 3.8) is 0 Å². The van der Waals surface area contributed by atoms with Crippen LogP contribution in [-0.4, -0.2) is 37.9 Å². The van der Waals surface area contributed by atoms with E-state index in [-0.39, 0.29) is 0 Å². The van der Waals surface area contributed by atoms with Gasteiger partial charge in [-0.05, 0) is 49.8 Å². The number of nitrogens with one attached hydrogen (secondary N) is 2. The molecule has 1 fully saturated rings. The number of ether oxygens (including phenoxy) is 1. The van der Waals surface area contributed by atoms with E-state index in [1.165, 1.54) is 29.7 Å². The molecule has 3 heterocycles. The molecule has 130 valence electrons. The van der Waals surface area contributed by atoms with Crippen molar-refractivity contribution in [1.82, 2.24) is 15.8 Å². The fourth-order valence-corrected chi connectivity index (χ4v) is 4.18. The Balaban J connectivity index is 1.57. The van der Waals surface area contributed by atoms with E-state index in [2.05, 4.69) is 46.9 Å². The highest BCUT2D eigenvalue weighted by Crippen LogP contribution is 2.37. The number of benzene rings is 1. The van der Waals surface area contributed by atoms with E-state index in [0.29, 0.717) is 6.04 Å². The van der Waals surface area contributed by atoms with Gasteiger partial charge in [0.1, 0.15) is 0 Å². The number of hydrogen-bond acceptors (Lipinski definition) is 4. The summed E-state index contributed by atoms with van der Waals surface area (Å²) in [7, 11) is 0. The molecule has 0 spiro atoms. The Labute approximate surface area is 145 Å². The lowest BCUT2D eigenvalue weighted by molar-refractivity contribution is 0.0507. The molecule has 1 aromatic carbocycles. The van der Waals surface area contributed by atoms with E-state index in [0.717, 1.165) is 51.6 Å². The van der Waals surface area contributed by atoms with Crippen LogP contribution in [0.3, 0.4) is 0 Å². The van der Waals surface area contributed by atoms with Crippen molar-refractivity contribution in [3.05, 3.63) is 46.7 Å². The number of hydrogen-bond donors (Lipinski definition) is 2. The lowest BCUT2D eigenvalue weighted by Gasteiger charge is -2.31. The third-order valence-corrected chi connectivity index (χ3v) is 5.63. The molecule has 2 N–H and O–H groups in total. The zero-order valence-electron chi connectivity index (χ0n) is 14.7. The van der Waals surface area contributed by atoms with Gasteiger partial charge in [-0.2, -0.15) is 0 Å². The van der Waals surface area contributed by atoms with Crippen LogP contribution in [0.5, 0.6) is 0 Å². The zero-order valence-corrected chi connectivity index (χ0v) is 14.7. The summed E-state index contributed by atoms with van der Waals surface area (Å²) < 4.78 is 5.53. The van der Waals surface area contributed by atoms with Gasteiger partial charge < -0.3 is 15.1 Å². The van der Waals surface area contributed by atoms with Crippen LogP contribution >= 0.6 is 0 Å². The van der Waals surface area contributed by atoms with Crippen molar-refractivity contribution < 1.29 is 4.74 Å². The molecule has 0 saturated carbocycles. The minimum Gasteiger partial charge on any atom is -0.381 e. The summed E-state index contributed by atoms with van der Waals surface area (Å²) in [4.78, 5) is 0. The average molecular weight is 327 g/mol. The van der Waals surface area contributed by atoms with Crippen molar-refractivity contribution >= 4 is 0 Å². The highest BCUT2D eigenvalue weighted by molar-refractivity contribution is 5.36. The van der Waals surface area contributed by atoms with Crippen molar-refractivity contribution in [1.29, 1.82) is 0 Å². The van der Waals surface area contributed by atoms with Crippen LogP contribution in [0.2, 0.25) is 0 Å². The van der Waals surface area contributed by atoms with E-state index < -0.39 is 0 Å². The van der Waals surface area contributed by atoms with Crippen LogP contribution in [0.15, 0.2) is 35.5 Å². The molecule has 1 atom stereocenters. The Kier molecular flexibility index (Phi) is 4.88. The predicted molar refractivity (Wildman–Crippen MR) is 96.4 cm³/mol. The van der Waals surface area contributed by atoms with Crippen LogP contribution < -0.4 is 10.7 Å². The normalized spacial score (nSPS) is 25.7. The zero-order chi connectivity index (χ0) is 16.4. The molecule has 4 heteroatoms. The van der Waals surface area contributed by atoms with Crippen molar-refractivity contribution in [2.45, 2.75) is 38.6 Å². The molecule has 24 heavy (non-hydrogen) atoms. The second kappa shape index (κ2) is 7.26. The fourth-order valence-electron chi connectivity index (χ4n) is 4.18. The molecular weight excluding hydrogens is 298 g/mol. The molecule has 0 amide bonds. The van der Waals surface area contributed by atoms with Gasteiger partial charge in [-0.15, -0.1) is 0 Å². The first-order valence-corrected chi connectivity index (χ1v) is 9.42. The maximum atomic E-state index is 5.53. The van der Waals surface area contributed by atoms with Gasteiger partial charge in [-0.1, -0.05) is 29.8 Å². The summed E-state index contributed by atoms with van der Waals surface area (Å²) >= 11 is 0. The lowest BCUT2D eigenvalue weighted by atomic mass is 9.95. The van der Waals surface area contributed by atoms with Gasteiger partial charge in [0.15, 0.2) is 0 Å². The average Bonchev–Trinajstić information content (AvgIpc) is 2.79. The van der Waals surface area contributed by atoms with Gasteiger partial charge in [0.2, 0.25) is 0 Å². The second-order valence-electron chi connectivity index (χ2n) is 7.36. The third kappa shape index (κ3) is 3.37. The monoisotopic (exact) mass is 327 g/mol. The molecule has 1 unspecified atom stereocenters. The van der Waals surface area contributed by atoms with Gasteiger partial charge >= 0.3 is 0 Å². The van der Waals surface area contributed by atoms with Gasteiger partial charge in [0, 0.05) is 38.4 Å². The van der Waals surface area contributed by atoms with E-state index in [1.54, 1.807) is 5.57 Å². The summed E-state index contributed by atoms with van der Waals surface area (Å²) in [6, 6.07) is 9.38. The third-order valence-electron chi connectivity index (χ3n) is 5.63. The largest absolute Gasteiger partial charge is 0.381 e. The molecule has 4 rings (SSSR count). The molecule has 0 bridgehead atoms. The summed E-state index contributed by atoms with van der Waals surface area (Å²) in [5.74, 6) is 0.744. The second-order valence-corrected chi connectivity index (χ2v) is 7.36. The Morgan fingerprint density at radius 3 is 2.62 bits per heavy atom. The first-order valence-electron chi connectivity index (χ1n) is 9.42. The Morgan fingerprint density at radius 2 is 1.83 bits per heavy atom. The van der Waals surface area contributed by atoms with Gasteiger partial charge in [-0.25, -0.2) is 5.43 Å². The summed E-state index contributed by atoms with van der Waals surface area (Å²) in [6.45, 7) is 7.30. The van der Waals surface area contributed by atoms with Crippen LogP contribution in [0.25, 0.3) is 0 Å².